The van der Waals surface area contributed by atoms with Crippen LogP contribution in [0.5, 0.6) is 0 Å². The molecule has 1 N–H and O–H groups in total. The minimum atomic E-state index is -4.63. The summed E-state index contributed by atoms with van der Waals surface area (Å²) in [6.45, 7) is 1.94. The van der Waals surface area contributed by atoms with Crippen LogP contribution in [-0.4, -0.2) is 11.1 Å². The molecule has 0 fully saturated rings. The van der Waals surface area contributed by atoms with Crippen molar-refractivity contribution < 1.29 is 23.1 Å². The van der Waals surface area contributed by atoms with Gasteiger partial charge in [0.25, 0.3) is 0 Å². The molecule has 1 rings (SSSR count). The Labute approximate surface area is 97.1 Å². The maximum absolute atomic E-state index is 12.6. The highest BCUT2D eigenvalue weighted by Gasteiger charge is 2.35. The molecule has 0 aliphatic rings. The third-order valence-corrected chi connectivity index (χ3v) is 2.44. The molecule has 0 amide bonds. The van der Waals surface area contributed by atoms with E-state index in [-0.39, 0.29) is 0 Å². The molecule has 0 aromatic heterocycles. The molecule has 0 heterocycles. The van der Waals surface area contributed by atoms with Crippen LogP contribution in [0.15, 0.2) is 18.2 Å². The van der Waals surface area contributed by atoms with Gasteiger partial charge in [0.2, 0.25) is 0 Å². The fourth-order valence-electron chi connectivity index (χ4n) is 1.55. The standard InChI is InChI=1S/C12H13F3O2/c1-2-3-4-8-5-6-9(11(16)17)10(7-8)12(13,14)15/h5-7H,2-4H2,1H3,(H,16,17). The number of carbonyl (C=O) groups is 1. The number of halogens is 3. The number of hydrogen-bond acceptors (Lipinski definition) is 1. The maximum Gasteiger partial charge on any atom is 0.417 e. The van der Waals surface area contributed by atoms with Crippen LogP contribution in [0.4, 0.5) is 13.2 Å². The number of hydrogen-bond donors (Lipinski definition) is 1. The number of alkyl halides is 3. The third-order valence-electron chi connectivity index (χ3n) is 2.44. The van der Waals surface area contributed by atoms with Gasteiger partial charge in [-0.15, -0.1) is 0 Å². The SMILES string of the molecule is CCCCc1ccc(C(=O)O)c(C(F)(F)F)c1. The largest absolute Gasteiger partial charge is 0.478 e. The van der Waals surface area contributed by atoms with Crippen molar-refractivity contribution in [2.24, 2.45) is 0 Å². The van der Waals surface area contributed by atoms with E-state index in [1.165, 1.54) is 6.07 Å². The van der Waals surface area contributed by atoms with Gasteiger partial charge in [0, 0.05) is 0 Å². The average molecular weight is 246 g/mol. The zero-order valence-electron chi connectivity index (χ0n) is 9.34. The average Bonchev–Trinajstić information content (AvgIpc) is 2.24. The number of aryl methyl sites for hydroxylation is 1. The zero-order chi connectivity index (χ0) is 13.1. The number of benzene rings is 1. The molecular formula is C12H13F3O2. The van der Waals surface area contributed by atoms with Crippen LogP contribution >= 0.6 is 0 Å². The minimum Gasteiger partial charge on any atom is -0.478 e. The van der Waals surface area contributed by atoms with Crippen molar-refractivity contribution in [2.75, 3.05) is 0 Å². The van der Waals surface area contributed by atoms with E-state index in [0.29, 0.717) is 12.0 Å². The molecule has 0 saturated heterocycles. The van der Waals surface area contributed by atoms with Gasteiger partial charge in [-0.25, -0.2) is 4.79 Å². The third kappa shape index (κ3) is 3.47. The molecule has 0 radical (unpaired) electrons. The van der Waals surface area contributed by atoms with Crippen LogP contribution in [0.2, 0.25) is 0 Å². The Balaban J connectivity index is 3.15. The van der Waals surface area contributed by atoms with Crippen molar-refractivity contribution in [1.82, 2.24) is 0 Å². The monoisotopic (exact) mass is 246 g/mol. The van der Waals surface area contributed by atoms with Crippen molar-refractivity contribution in [3.05, 3.63) is 34.9 Å². The molecule has 17 heavy (non-hydrogen) atoms. The van der Waals surface area contributed by atoms with E-state index >= 15 is 0 Å². The topological polar surface area (TPSA) is 37.3 Å². The molecule has 0 atom stereocenters. The Bertz CT molecular complexity index is 411. The predicted molar refractivity (Wildman–Crippen MR) is 57.0 cm³/mol. The van der Waals surface area contributed by atoms with E-state index in [0.717, 1.165) is 25.0 Å². The van der Waals surface area contributed by atoms with Gasteiger partial charge < -0.3 is 5.11 Å². The minimum absolute atomic E-state index is 0.518. The quantitative estimate of drug-likeness (QED) is 0.878. The van der Waals surface area contributed by atoms with Gasteiger partial charge in [-0.3, -0.25) is 0 Å². The molecule has 5 heteroatoms. The van der Waals surface area contributed by atoms with Gasteiger partial charge in [-0.05, 0) is 30.5 Å². The molecule has 1 aromatic carbocycles. The van der Waals surface area contributed by atoms with Crippen molar-refractivity contribution in [2.45, 2.75) is 32.4 Å². The van der Waals surface area contributed by atoms with Crippen LogP contribution in [-0.2, 0) is 12.6 Å². The number of carboxylic acids is 1. The summed E-state index contributed by atoms with van der Waals surface area (Å²) in [5.41, 5.74) is -1.25. The molecule has 94 valence electrons. The normalized spacial score (nSPS) is 11.5. The van der Waals surface area contributed by atoms with E-state index in [1.54, 1.807) is 0 Å². The second kappa shape index (κ2) is 5.21. The Morgan fingerprint density at radius 3 is 2.47 bits per heavy atom. The molecular weight excluding hydrogens is 233 g/mol. The second-order valence-corrected chi connectivity index (χ2v) is 3.79. The molecule has 0 bridgehead atoms. The highest BCUT2D eigenvalue weighted by Crippen LogP contribution is 2.33. The summed E-state index contributed by atoms with van der Waals surface area (Å²) in [6, 6.07) is 3.39. The van der Waals surface area contributed by atoms with Gasteiger partial charge in [-0.1, -0.05) is 19.4 Å². The van der Waals surface area contributed by atoms with Gasteiger partial charge in [0.05, 0.1) is 11.1 Å². The molecule has 0 saturated carbocycles. The first kappa shape index (κ1) is 13.5. The van der Waals surface area contributed by atoms with E-state index in [1.807, 2.05) is 6.92 Å². The second-order valence-electron chi connectivity index (χ2n) is 3.79. The van der Waals surface area contributed by atoms with E-state index < -0.39 is 23.3 Å². The van der Waals surface area contributed by atoms with Gasteiger partial charge in [0.15, 0.2) is 0 Å². The number of carboxylic acid groups (broad SMARTS) is 1. The highest BCUT2D eigenvalue weighted by molar-refractivity contribution is 5.89. The molecule has 0 unspecified atom stereocenters. The highest BCUT2D eigenvalue weighted by atomic mass is 19.4. The summed E-state index contributed by atoms with van der Waals surface area (Å²) in [5.74, 6) is -1.56. The van der Waals surface area contributed by atoms with Crippen LogP contribution in [0.3, 0.4) is 0 Å². The van der Waals surface area contributed by atoms with Crippen molar-refractivity contribution in [1.29, 1.82) is 0 Å². The summed E-state index contributed by atoms with van der Waals surface area (Å²) >= 11 is 0. The number of unbranched alkanes of at least 4 members (excludes halogenated alkanes) is 1. The van der Waals surface area contributed by atoms with Gasteiger partial charge in [0.1, 0.15) is 0 Å². The lowest BCUT2D eigenvalue weighted by atomic mass is 10.0. The molecule has 2 nitrogen and oxygen atoms in total. The van der Waals surface area contributed by atoms with Crippen LogP contribution in [0.1, 0.15) is 41.3 Å². The first-order valence-electron chi connectivity index (χ1n) is 5.29. The first-order valence-corrected chi connectivity index (χ1v) is 5.29. The van der Waals surface area contributed by atoms with Gasteiger partial charge in [-0.2, -0.15) is 13.2 Å². The lowest BCUT2D eigenvalue weighted by molar-refractivity contribution is -0.138. The number of aromatic carboxylic acids is 1. The van der Waals surface area contributed by atoms with Crippen LogP contribution in [0, 0.1) is 0 Å². The fraction of sp³-hybridized carbons (Fsp3) is 0.417. The van der Waals surface area contributed by atoms with Crippen LogP contribution < -0.4 is 0 Å². The van der Waals surface area contributed by atoms with E-state index in [4.69, 9.17) is 5.11 Å². The van der Waals surface area contributed by atoms with Crippen LogP contribution in [0.25, 0.3) is 0 Å². The first-order chi connectivity index (χ1) is 7.86. The van der Waals surface area contributed by atoms with E-state index in [2.05, 4.69) is 0 Å². The van der Waals surface area contributed by atoms with Crippen molar-refractivity contribution >= 4 is 5.97 Å². The summed E-state index contributed by atoms with van der Waals surface area (Å²) in [4.78, 5) is 10.7. The van der Waals surface area contributed by atoms with E-state index in [9.17, 15) is 18.0 Å². The Hall–Kier alpha value is -1.52. The lowest BCUT2D eigenvalue weighted by Crippen LogP contribution is -2.13. The fourth-order valence-corrected chi connectivity index (χ4v) is 1.55. The number of rotatable bonds is 4. The molecule has 0 aliphatic heterocycles. The molecule has 0 spiro atoms. The summed E-state index contributed by atoms with van der Waals surface area (Å²) in [7, 11) is 0. The van der Waals surface area contributed by atoms with Crippen molar-refractivity contribution in [3.8, 4) is 0 Å². The summed E-state index contributed by atoms with van der Waals surface area (Å²) in [6.07, 6.45) is -2.44. The molecule has 1 aromatic rings. The zero-order valence-corrected chi connectivity index (χ0v) is 9.34. The smallest absolute Gasteiger partial charge is 0.417 e. The summed E-state index contributed by atoms with van der Waals surface area (Å²) < 4.78 is 37.9. The summed E-state index contributed by atoms with van der Waals surface area (Å²) in [5, 5.41) is 8.70. The maximum atomic E-state index is 12.6. The Morgan fingerprint density at radius 1 is 1.35 bits per heavy atom. The Morgan fingerprint density at radius 2 is 2.00 bits per heavy atom. The predicted octanol–water partition coefficient (Wildman–Crippen LogP) is 3.75. The van der Waals surface area contributed by atoms with Crippen molar-refractivity contribution in [3.63, 3.8) is 0 Å². The lowest BCUT2D eigenvalue weighted by Gasteiger charge is -2.12. The Kier molecular flexibility index (Phi) is 4.15. The van der Waals surface area contributed by atoms with Gasteiger partial charge >= 0.3 is 12.1 Å². The molecule has 0 aliphatic carbocycles.